The van der Waals surface area contributed by atoms with Gasteiger partial charge in [0.15, 0.2) is 0 Å². The molecule has 1 unspecified atom stereocenters. The Morgan fingerprint density at radius 2 is 1.78 bits per heavy atom. The molecule has 1 fully saturated rings. The third kappa shape index (κ3) is 7.12. The molecule has 1 aliphatic carbocycles. The first-order valence-corrected chi connectivity index (χ1v) is 11.2. The molecule has 2 atom stereocenters. The standard InChI is InChI=1S/C21H18Cl2F6N4O3/c22-14-7-13(1-2-15(14)36-21(27,28)29)33(19(35)17(23)24)16(11-8-30-10-31-9-11)18(34)32-12-3-5-20(25,26)6-4-12/h1-2,7-10,12,16-17H,3-6H2,(H,32,34)/t16?,17-/m0/s1. The molecular formula is C21H18Cl2F6N4O3. The van der Waals surface area contributed by atoms with Crippen LogP contribution in [0.2, 0.25) is 5.02 Å². The smallest absolute Gasteiger partial charge is 0.404 e. The summed E-state index contributed by atoms with van der Waals surface area (Å²) in [4.78, 5) is 34.3. The fourth-order valence-electron chi connectivity index (χ4n) is 3.69. The highest BCUT2D eigenvalue weighted by Gasteiger charge is 2.40. The second kappa shape index (κ2) is 11.1. The molecule has 1 aromatic heterocycles. The van der Waals surface area contributed by atoms with Gasteiger partial charge >= 0.3 is 6.36 Å². The molecule has 0 saturated heterocycles. The second-order valence-corrected chi connectivity index (χ2v) is 8.68. The van der Waals surface area contributed by atoms with Gasteiger partial charge < -0.3 is 10.1 Å². The molecule has 0 bridgehead atoms. The van der Waals surface area contributed by atoms with Gasteiger partial charge in [0.2, 0.25) is 11.8 Å². The summed E-state index contributed by atoms with van der Waals surface area (Å²) in [5.41, 5.74) is -2.99. The van der Waals surface area contributed by atoms with Crippen molar-refractivity contribution in [1.29, 1.82) is 0 Å². The average Bonchev–Trinajstić information content (AvgIpc) is 2.79. The highest BCUT2D eigenvalue weighted by molar-refractivity contribution is 6.33. The molecule has 1 saturated carbocycles. The zero-order chi connectivity index (χ0) is 26.7. The molecule has 0 radical (unpaired) electrons. The molecule has 15 heteroatoms. The maximum absolute atomic E-state index is 14.0. The third-order valence-corrected chi connectivity index (χ3v) is 5.79. The van der Waals surface area contributed by atoms with E-state index in [4.69, 9.17) is 23.2 Å². The number of carbonyl (C=O) groups excluding carboxylic acids is 2. The number of anilines is 1. The van der Waals surface area contributed by atoms with Gasteiger partial charge in [-0.2, -0.15) is 0 Å². The highest BCUT2D eigenvalue weighted by atomic mass is 35.5. The van der Waals surface area contributed by atoms with Crippen LogP contribution in [0.5, 0.6) is 5.75 Å². The number of alkyl halides is 7. The van der Waals surface area contributed by atoms with Crippen molar-refractivity contribution in [1.82, 2.24) is 15.3 Å². The number of hydrogen-bond acceptors (Lipinski definition) is 5. The zero-order valence-electron chi connectivity index (χ0n) is 18.1. The van der Waals surface area contributed by atoms with E-state index in [9.17, 15) is 35.9 Å². The van der Waals surface area contributed by atoms with Crippen molar-refractivity contribution in [2.75, 3.05) is 4.90 Å². The summed E-state index contributed by atoms with van der Waals surface area (Å²) < 4.78 is 82.7. The number of rotatable bonds is 7. The molecule has 0 spiro atoms. The van der Waals surface area contributed by atoms with Crippen molar-refractivity contribution in [2.45, 2.75) is 55.7 Å². The zero-order valence-corrected chi connectivity index (χ0v) is 19.6. The molecule has 1 heterocycles. The van der Waals surface area contributed by atoms with Gasteiger partial charge in [0.25, 0.3) is 11.5 Å². The van der Waals surface area contributed by atoms with Crippen molar-refractivity contribution < 1.29 is 40.7 Å². The number of nitrogens with one attached hydrogen (secondary N) is 1. The van der Waals surface area contributed by atoms with Crippen molar-refractivity contribution in [2.24, 2.45) is 0 Å². The molecule has 1 aromatic carbocycles. The van der Waals surface area contributed by atoms with Crippen LogP contribution in [-0.2, 0) is 9.59 Å². The van der Waals surface area contributed by atoms with Crippen LogP contribution in [0.4, 0.5) is 32.0 Å². The van der Waals surface area contributed by atoms with Gasteiger partial charge in [0, 0.05) is 42.5 Å². The first-order valence-electron chi connectivity index (χ1n) is 10.4. The molecule has 7 nitrogen and oxygen atoms in total. The summed E-state index contributed by atoms with van der Waals surface area (Å²) in [6.07, 6.45) is -2.70. The molecule has 3 rings (SSSR count). The van der Waals surface area contributed by atoms with Gasteiger partial charge in [-0.25, -0.2) is 23.1 Å². The number of halogens is 8. The van der Waals surface area contributed by atoms with Crippen LogP contribution in [0.25, 0.3) is 0 Å². The van der Waals surface area contributed by atoms with Crippen molar-refractivity contribution in [3.8, 4) is 5.75 Å². The van der Waals surface area contributed by atoms with Crippen LogP contribution < -0.4 is 15.0 Å². The number of nitrogens with zero attached hydrogens (tertiary/aromatic N) is 3. The Morgan fingerprint density at radius 1 is 1.17 bits per heavy atom. The normalized spacial score (nSPS) is 17.7. The number of benzene rings is 1. The molecule has 1 N–H and O–H groups in total. The van der Waals surface area contributed by atoms with E-state index >= 15 is 0 Å². The van der Waals surface area contributed by atoms with Crippen LogP contribution >= 0.6 is 23.2 Å². The predicted molar refractivity (Wildman–Crippen MR) is 116 cm³/mol. The monoisotopic (exact) mass is 558 g/mol. The molecular weight excluding hydrogens is 541 g/mol. The minimum atomic E-state index is -5.07. The molecule has 196 valence electrons. The topological polar surface area (TPSA) is 84.4 Å². The highest BCUT2D eigenvalue weighted by Crippen LogP contribution is 2.37. The predicted octanol–water partition coefficient (Wildman–Crippen LogP) is 5.33. The van der Waals surface area contributed by atoms with E-state index in [1.165, 1.54) is 0 Å². The lowest BCUT2D eigenvalue weighted by molar-refractivity contribution is -0.274. The van der Waals surface area contributed by atoms with E-state index in [1.54, 1.807) is 0 Å². The van der Waals surface area contributed by atoms with Gasteiger partial charge in [-0.15, -0.1) is 13.2 Å². The molecule has 36 heavy (non-hydrogen) atoms. The molecule has 2 amide bonds. The van der Waals surface area contributed by atoms with E-state index in [-0.39, 0.29) is 24.1 Å². The quantitative estimate of drug-likeness (QED) is 0.366. The van der Waals surface area contributed by atoms with Gasteiger partial charge in [0.05, 0.1) is 5.02 Å². The lowest BCUT2D eigenvalue weighted by Gasteiger charge is -2.34. The van der Waals surface area contributed by atoms with Crippen LogP contribution in [0.15, 0.2) is 36.9 Å². The lowest BCUT2D eigenvalue weighted by atomic mass is 9.92. The summed E-state index contributed by atoms with van der Waals surface area (Å²) in [6, 6.07) is 0.209. The SMILES string of the molecule is O=C(NC1CCC(F)(F)CC1)C(c1cncnc1)N(C(=O)[C@H](F)Cl)c1ccc(OC(F)(F)F)c(Cl)c1. The second-order valence-electron chi connectivity index (χ2n) is 7.88. The first-order chi connectivity index (χ1) is 16.8. The minimum Gasteiger partial charge on any atom is -0.404 e. The fourth-order valence-corrected chi connectivity index (χ4v) is 4.01. The van der Waals surface area contributed by atoms with Crippen molar-refractivity contribution in [3.05, 3.63) is 47.5 Å². The number of ether oxygens (including phenoxy) is 1. The largest absolute Gasteiger partial charge is 0.573 e. The van der Waals surface area contributed by atoms with Gasteiger partial charge in [-0.3, -0.25) is 14.5 Å². The van der Waals surface area contributed by atoms with E-state index in [0.29, 0.717) is 4.90 Å². The molecule has 2 aromatic rings. The van der Waals surface area contributed by atoms with E-state index < -0.39 is 65.4 Å². The summed E-state index contributed by atoms with van der Waals surface area (Å²) >= 11 is 11.3. The van der Waals surface area contributed by atoms with E-state index in [0.717, 1.165) is 36.9 Å². The average molecular weight is 559 g/mol. The van der Waals surface area contributed by atoms with Crippen LogP contribution in [0, 0.1) is 0 Å². The number of carbonyl (C=O) groups is 2. The van der Waals surface area contributed by atoms with Crippen LogP contribution in [-0.4, -0.2) is 45.7 Å². The number of hydrogen-bond donors (Lipinski definition) is 1. The maximum Gasteiger partial charge on any atom is 0.573 e. The summed E-state index contributed by atoms with van der Waals surface area (Å²) in [6.45, 7) is 0. The van der Waals surface area contributed by atoms with Crippen molar-refractivity contribution >= 4 is 40.7 Å². The van der Waals surface area contributed by atoms with Crippen LogP contribution in [0.1, 0.15) is 37.3 Å². The summed E-state index contributed by atoms with van der Waals surface area (Å²) in [5, 5.41) is 1.96. The number of aromatic nitrogens is 2. The fraction of sp³-hybridized carbons (Fsp3) is 0.429. The Balaban J connectivity index is 2.01. The number of amides is 2. The Bertz CT molecular complexity index is 1080. The molecule has 0 aliphatic heterocycles. The van der Waals surface area contributed by atoms with Gasteiger partial charge in [-0.05, 0) is 31.0 Å². The Labute approximate surface area is 210 Å². The first kappa shape index (κ1) is 27.8. The summed E-state index contributed by atoms with van der Waals surface area (Å²) in [5.74, 6) is -6.03. The van der Waals surface area contributed by atoms with Gasteiger partial charge in [0.1, 0.15) is 18.1 Å². The van der Waals surface area contributed by atoms with Crippen LogP contribution in [0.3, 0.4) is 0 Å². The molecule has 1 aliphatic rings. The minimum absolute atomic E-state index is 0.0199. The van der Waals surface area contributed by atoms with Crippen molar-refractivity contribution in [3.63, 3.8) is 0 Å². The maximum atomic E-state index is 14.0. The lowest BCUT2D eigenvalue weighted by Crippen LogP contribution is -2.49. The van der Waals surface area contributed by atoms with E-state index in [1.807, 2.05) is 0 Å². The van der Waals surface area contributed by atoms with E-state index in [2.05, 4.69) is 20.0 Å². The van der Waals surface area contributed by atoms with Gasteiger partial charge in [-0.1, -0.05) is 23.2 Å². The third-order valence-electron chi connectivity index (χ3n) is 5.31. The Kier molecular flexibility index (Phi) is 8.55. The summed E-state index contributed by atoms with van der Waals surface area (Å²) in [7, 11) is 0. The Morgan fingerprint density at radius 3 is 2.31 bits per heavy atom. The Hall–Kier alpha value is -2.80.